The monoisotopic (exact) mass is 649 g/mol. The van der Waals surface area contributed by atoms with Gasteiger partial charge in [0.15, 0.2) is 0 Å². The molecule has 2 fully saturated rings. The van der Waals surface area contributed by atoms with Crippen LogP contribution in [0, 0.1) is 13.8 Å². The number of nitrogens with zero attached hydrogens (tertiary/aromatic N) is 5. The van der Waals surface area contributed by atoms with Crippen molar-refractivity contribution in [3.8, 4) is 0 Å². The van der Waals surface area contributed by atoms with Crippen molar-refractivity contribution < 1.29 is 22.0 Å². The lowest BCUT2D eigenvalue weighted by Crippen LogP contribution is -2.45. The van der Waals surface area contributed by atoms with Gasteiger partial charge in [0.05, 0.1) is 11.8 Å². The molecule has 0 amide bonds. The Morgan fingerprint density at radius 2 is 1.76 bits per heavy atom. The Bertz CT molecular complexity index is 1660. The highest BCUT2D eigenvalue weighted by atomic mass is 32.1. The number of alkyl halides is 5. The summed E-state index contributed by atoms with van der Waals surface area (Å²) in [6.07, 6.45) is -3.70. The number of nitrogens with one attached hydrogen (secondary N) is 1. The summed E-state index contributed by atoms with van der Waals surface area (Å²) in [6, 6.07) is 8.45. The van der Waals surface area contributed by atoms with Crippen LogP contribution in [0.2, 0.25) is 0 Å². The maximum atomic E-state index is 13.7. The van der Waals surface area contributed by atoms with E-state index in [0.29, 0.717) is 29.1 Å². The van der Waals surface area contributed by atoms with Gasteiger partial charge in [-0.1, -0.05) is 6.07 Å². The molecule has 3 N–H and O–H groups in total. The predicted molar refractivity (Wildman–Crippen MR) is 170 cm³/mol. The molecule has 0 spiro atoms. The normalized spacial score (nSPS) is 19.5. The number of anilines is 2. The van der Waals surface area contributed by atoms with Gasteiger partial charge >= 0.3 is 6.18 Å². The molecular weight excluding hydrogens is 609 g/mol. The first-order valence-electron chi connectivity index (χ1n) is 15.6. The third-order valence-electron chi connectivity index (χ3n) is 9.43. The van der Waals surface area contributed by atoms with Crippen LogP contribution >= 0.6 is 11.3 Å². The van der Waals surface area contributed by atoms with E-state index in [2.05, 4.69) is 68.6 Å². The number of nitrogens with two attached hydrogens (primary N) is 1. The summed E-state index contributed by atoms with van der Waals surface area (Å²) in [5, 5.41) is 5.24. The lowest BCUT2D eigenvalue weighted by molar-refractivity contribution is -0.126. The summed E-state index contributed by atoms with van der Waals surface area (Å²) in [7, 11) is 0. The van der Waals surface area contributed by atoms with Crippen LogP contribution in [0.4, 0.5) is 33.7 Å². The van der Waals surface area contributed by atoms with Crippen LogP contribution < -0.4 is 11.1 Å². The first-order valence-corrected chi connectivity index (χ1v) is 16.4. The summed E-state index contributed by atoms with van der Waals surface area (Å²) in [5.74, 6) is -2.00. The first-order chi connectivity index (χ1) is 21.2. The average Bonchev–Trinajstić information content (AvgIpc) is 3.50. The number of likely N-dealkylation sites (tertiary alicyclic amines) is 2. The smallest absolute Gasteiger partial charge is 0.368 e. The molecule has 5 heterocycles. The standard InChI is InChI=1S/C32H40F5N7S/c1-19-14-25-21(3)22(4-5-27(25)44(19)17-20(2)43-12-8-31(33,34)9-13-43)18-42-10-6-23(7-11-42)39-28-26-15-24(16-32(35,36)37)45-29(26)41-30(38)40-28/h4-5,14-15,20,23H,6-13,16-18H2,1-3H3,(H3,38,39,40,41)/t20-/m0/s1. The zero-order valence-corrected chi connectivity index (χ0v) is 26.7. The quantitative estimate of drug-likeness (QED) is 0.198. The van der Waals surface area contributed by atoms with Crippen LogP contribution in [-0.2, 0) is 19.5 Å². The van der Waals surface area contributed by atoms with Crippen LogP contribution in [0.1, 0.15) is 54.3 Å². The lowest BCUT2D eigenvalue weighted by Gasteiger charge is -2.36. The van der Waals surface area contributed by atoms with Gasteiger partial charge in [-0.25, -0.2) is 13.8 Å². The molecule has 2 saturated heterocycles. The average molecular weight is 650 g/mol. The lowest BCUT2D eigenvalue weighted by atomic mass is 10.0. The number of aryl methyl sites for hydroxylation is 2. The van der Waals surface area contributed by atoms with Crippen molar-refractivity contribution in [2.24, 2.45) is 0 Å². The topological polar surface area (TPSA) is 75.2 Å². The Hall–Kier alpha value is -3.03. The van der Waals surface area contributed by atoms with Crippen molar-refractivity contribution in [1.82, 2.24) is 24.3 Å². The molecule has 0 radical (unpaired) electrons. The second kappa shape index (κ2) is 12.3. The second-order valence-corrected chi connectivity index (χ2v) is 13.9. The molecule has 3 aromatic heterocycles. The van der Waals surface area contributed by atoms with Crippen molar-refractivity contribution in [2.45, 2.75) is 90.1 Å². The number of nitrogen functional groups attached to an aromatic ring is 1. The molecule has 0 unspecified atom stereocenters. The molecule has 7 nitrogen and oxygen atoms in total. The Labute approximate surface area is 263 Å². The largest absolute Gasteiger partial charge is 0.393 e. The van der Waals surface area contributed by atoms with Gasteiger partial charge in [-0.2, -0.15) is 18.2 Å². The molecule has 1 atom stereocenters. The van der Waals surface area contributed by atoms with E-state index in [9.17, 15) is 22.0 Å². The molecule has 45 heavy (non-hydrogen) atoms. The van der Waals surface area contributed by atoms with Crippen molar-refractivity contribution in [3.63, 3.8) is 0 Å². The van der Waals surface area contributed by atoms with Gasteiger partial charge in [-0.3, -0.25) is 9.80 Å². The van der Waals surface area contributed by atoms with E-state index in [1.54, 1.807) is 0 Å². The zero-order valence-electron chi connectivity index (χ0n) is 25.9. The highest BCUT2D eigenvalue weighted by Gasteiger charge is 2.35. The van der Waals surface area contributed by atoms with Crippen molar-refractivity contribution in [2.75, 3.05) is 37.2 Å². The third kappa shape index (κ3) is 7.20. The molecule has 2 aliphatic heterocycles. The molecular formula is C32H40F5N7S. The van der Waals surface area contributed by atoms with Crippen LogP contribution in [0.15, 0.2) is 24.3 Å². The number of benzene rings is 1. The third-order valence-corrected chi connectivity index (χ3v) is 10.5. The van der Waals surface area contributed by atoms with Crippen molar-refractivity contribution in [1.29, 1.82) is 0 Å². The second-order valence-electron chi connectivity index (χ2n) is 12.8. The van der Waals surface area contributed by atoms with Gasteiger partial charge in [-0.15, -0.1) is 11.3 Å². The van der Waals surface area contributed by atoms with E-state index in [-0.39, 0.29) is 35.8 Å². The number of halogens is 5. The summed E-state index contributed by atoms with van der Waals surface area (Å²) in [6.45, 7) is 10.6. The van der Waals surface area contributed by atoms with Gasteiger partial charge in [0.25, 0.3) is 5.92 Å². The molecule has 0 bridgehead atoms. The molecule has 0 aliphatic carbocycles. The maximum Gasteiger partial charge on any atom is 0.393 e. The van der Waals surface area contributed by atoms with E-state index in [1.165, 1.54) is 33.8 Å². The highest BCUT2D eigenvalue weighted by Crippen LogP contribution is 2.35. The van der Waals surface area contributed by atoms with E-state index in [0.717, 1.165) is 50.4 Å². The highest BCUT2D eigenvalue weighted by molar-refractivity contribution is 7.18. The predicted octanol–water partition coefficient (Wildman–Crippen LogP) is 7.15. The minimum atomic E-state index is -4.29. The Balaban J connectivity index is 1.08. The van der Waals surface area contributed by atoms with Crippen LogP contribution in [0.3, 0.4) is 0 Å². The van der Waals surface area contributed by atoms with Crippen LogP contribution in [0.5, 0.6) is 0 Å². The number of hydrogen-bond acceptors (Lipinski definition) is 7. The van der Waals surface area contributed by atoms with Crippen LogP contribution in [-0.4, -0.2) is 74.7 Å². The minimum absolute atomic E-state index is 0.0448. The zero-order chi connectivity index (χ0) is 32.1. The first kappa shape index (κ1) is 31.9. The molecule has 2 aliphatic rings. The van der Waals surface area contributed by atoms with Crippen molar-refractivity contribution in [3.05, 3.63) is 46.0 Å². The number of aromatic nitrogens is 3. The van der Waals surface area contributed by atoms with E-state index in [4.69, 9.17) is 5.73 Å². The van der Waals surface area contributed by atoms with Gasteiger partial charge in [0.2, 0.25) is 5.95 Å². The fraction of sp³-hybridized carbons (Fsp3) is 0.562. The fourth-order valence-electron chi connectivity index (χ4n) is 6.79. The number of rotatable bonds is 8. The van der Waals surface area contributed by atoms with Crippen molar-refractivity contribution >= 4 is 44.2 Å². The number of piperidine rings is 2. The van der Waals surface area contributed by atoms with E-state index >= 15 is 0 Å². The SMILES string of the molecule is Cc1c(CN2CCC(Nc3nc(N)nc4sc(CC(F)(F)F)cc34)CC2)ccc2c1cc(C)n2C[C@H](C)N1CCC(F)(F)CC1. The maximum absolute atomic E-state index is 13.7. The summed E-state index contributed by atoms with van der Waals surface area (Å²) < 4.78 is 68.6. The molecule has 1 aromatic carbocycles. The Morgan fingerprint density at radius 1 is 1.04 bits per heavy atom. The molecule has 6 rings (SSSR count). The van der Waals surface area contributed by atoms with Gasteiger partial charge in [-0.05, 0) is 62.9 Å². The minimum Gasteiger partial charge on any atom is -0.368 e. The fourth-order valence-corrected chi connectivity index (χ4v) is 7.86. The Kier molecular flexibility index (Phi) is 8.72. The molecule has 4 aromatic rings. The molecule has 244 valence electrons. The summed E-state index contributed by atoms with van der Waals surface area (Å²) >= 11 is 1.00. The number of hydrogen-bond donors (Lipinski definition) is 2. The molecule has 13 heteroatoms. The van der Waals surface area contributed by atoms with Gasteiger partial charge in [0.1, 0.15) is 10.6 Å². The Morgan fingerprint density at radius 3 is 2.44 bits per heavy atom. The van der Waals surface area contributed by atoms with E-state index < -0.39 is 18.5 Å². The summed E-state index contributed by atoms with van der Waals surface area (Å²) in [5.41, 5.74) is 10.8. The molecule has 0 saturated carbocycles. The van der Waals surface area contributed by atoms with Gasteiger partial charge < -0.3 is 15.6 Å². The van der Waals surface area contributed by atoms with Crippen LogP contribution in [0.25, 0.3) is 21.1 Å². The van der Waals surface area contributed by atoms with Gasteiger partial charge in [0, 0.05) is 85.7 Å². The number of fused-ring (bicyclic) bond motifs is 2. The summed E-state index contributed by atoms with van der Waals surface area (Å²) in [4.78, 5) is 13.7. The van der Waals surface area contributed by atoms with E-state index in [1.807, 2.05) is 0 Å². The number of thiophene rings is 1.